The Labute approximate surface area is 116 Å². The summed E-state index contributed by atoms with van der Waals surface area (Å²) < 4.78 is 0. The van der Waals surface area contributed by atoms with Crippen molar-refractivity contribution in [2.24, 2.45) is 0 Å². The topological polar surface area (TPSA) is 35.5 Å². The Morgan fingerprint density at radius 2 is 1.79 bits per heavy atom. The molecule has 106 valence electrons. The second-order valence-electron chi connectivity index (χ2n) is 5.77. The molecular formula is C16H26N2O. The highest BCUT2D eigenvalue weighted by molar-refractivity contribution is 5.26. The number of phenols is 1. The predicted molar refractivity (Wildman–Crippen MR) is 79.5 cm³/mol. The van der Waals surface area contributed by atoms with E-state index in [4.69, 9.17) is 0 Å². The van der Waals surface area contributed by atoms with Crippen LogP contribution < -0.4 is 5.32 Å². The van der Waals surface area contributed by atoms with Gasteiger partial charge in [-0.3, -0.25) is 4.90 Å². The minimum absolute atomic E-state index is 0.340. The summed E-state index contributed by atoms with van der Waals surface area (Å²) in [6.07, 6.45) is 3.72. The Balaban J connectivity index is 1.71. The van der Waals surface area contributed by atoms with Crippen LogP contribution >= 0.6 is 0 Å². The van der Waals surface area contributed by atoms with Crippen LogP contribution in [0.1, 0.15) is 32.3 Å². The van der Waals surface area contributed by atoms with E-state index in [0.717, 1.165) is 13.0 Å². The van der Waals surface area contributed by atoms with Crippen LogP contribution in [0.5, 0.6) is 5.75 Å². The highest BCUT2D eigenvalue weighted by Gasteiger charge is 2.18. The maximum atomic E-state index is 9.27. The van der Waals surface area contributed by atoms with Crippen LogP contribution in [0.25, 0.3) is 0 Å². The van der Waals surface area contributed by atoms with Gasteiger partial charge in [0.05, 0.1) is 0 Å². The summed E-state index contributed by atoms with van der Waals surface area (Å²) in [4.78, 5) is 2.57. The molecule has 1 saturated heterocycles. The van der Waals surface area contributed by atoms with Crippen LogP contribution in [-0.4, -0.2) is 41.7 Å². The first kappa shape index (κ1) is 14.4. The molecule has 1 fully saturated rings. The molecule has 1 aliphatic rings. The van der Waals surface area contributed by atoms with Crippen LogP contribution in [0.2, 0.25) is 0 Å². The van der Waals surface area contributed by atoms with Crippen LogP contribution in [0.3, 0.4) is 0 Å². The van der Waals surface area contributed by atoms with E-state index >= 15 is 0 Å². The molecule has 2 unspecified atom stereocenters. The highest BCUT2D eigenvalue weighted by atomic mass is 16.3. The Bertz CT molecular complexity index is 371. The second kappa shape index (κ2) is 6.92. The molecule has 1 aliphatic heterocycles. The Hall–Kier alpha value is -1.06. The molecule has 0 aromatic heterocycles. The standard InChI is InChI=1S/C16H26N2O/c1-13(11-15-5-7-16(19)8-6-15)17-12-14(2)18-9-3-4-10-18/h5-8,13-14,17,19H,3-4,9-12H2,1-2H3. The predicted octanol–water partition coefficient (Wildman–Crippen LogP) is 2.40. The van der Waals surface area contributed by atoms with Crippen LogP contribution in [-0.2, 0) is 6.42 Å². The molecule has 0 radical (unpaired) electrons. The van der Waals surface area contributed by atoms with Crippen molar-refractivity contribution in [3.8, 4) is 5.75 Å². The fraction of sp³-hybridized carbons (Fsp3) is 0.625. The zero-order valence-electron chi connectivity index (χ0n) is 12.1. The van der Waals surface area contributed by atoms with Gasteiger partial charge in [-0.05, 0) is 63.9 Å². The first-order chi connectivity index (χ1) is 9.15. The van der Waals surface area contributed by atoms with E-state index in [0.29, 0.717) is 17.8 Å². The molecule has 1 heterocycles. The monoisotopic (exact) mass is 262 g/mol. The first-order valence-electron chi connectivity index (χ1n) is 7.40. The lowest BCUT2D eigenvalue weighted by Gasteiger charge is -2.25. The summed E-state index contributed by atoms with van der Waals surface area (Å²) in [5, 5.41) is 12.9. The molecule has 0 saturated carbocycles. The fourth-order valence-electron chi connectivity index (χ4n) is 2.74. The quantitative estimate of drug-likeness (QED) is 0.826. The van der Waals surface area contributed by atoms with E-state index in [9.17, 15) is 5.11 Å². The summed E-state index contributed by atoms with van der Waals surface area (Å²) in [6.45, 7) is 8.11. The van der Waals surface area contributed by atoms with Crippen molar-refractivity contribution in [3.05, 3.63) is 29.8 Å². The number of hydrogen-bond donors (Lipinski definition) is 2. The Morgan fingerprint density at radius 1 is 1.16 bits per heavy atom. The molecule has 0 amide bonds. The maximum Gasteiger partial charge on any atom is 0.115 e. The number of likely N-dealkylation sites (tertiary alicyclic amines) is 1. The van der Waals surface area contributed by atoms with Gasteiger partial charge in [-0.2, -0.15) is 0 Å². The number of phenolic OH excluding ortho intramolecular Hbond substituents is 1. The summed E-state index contributed by atoms with van der Waals surface area (Å²) in [5.74, 6) is 0.340. The van der Waals surface area contributed by atoms with Gasteiger partial charge < -0.3 is 10.4 Å². The van der Waals surface area contributed by atoms with Crippen molar-refractivity contribution in [2.45, 2.75) is 45.2 Å². The Morgan fingerprint density at radius 3 is 2.42 bits per heavy atom. The van der Waals surface area contributed by atoms with Crippen LogP contribution in [0, 0.1) is 0 Å². The van der Waals surface area contributed by atoms with Crippen molar-refractivity contribution < 1.29 is 5.11 Å². The number of hydrogen-bond acceptors (Lipinski definition) is 3. The van der Waals surface area contributed by atoms with E-state index in [1.54, 1.807) is 12.1 Å². The highest BCUT2D eigenvalue weighted by Crippen LogP contribution is 2.12. The molecule has 0 aliphatic carbocycles. The van der Waals surface area contributed by atoms with Crippen molar-refractivity contribution in [1.29, 1.82) is 0 Å². The van der Waals surface area contributed by atoms with E-state index in [1.807, 2.05) is 12.1 Å². The lowest BCUT2D eigenvalue weighted by Crippen LogP contribution is -2.42. The molecule has 2 rings (SSSR count). The van der Waals surface area contributed by atoms with Gasteiger partial charge in [0.1, 0.15) is 5.75 Å². The average Bonchev–Trinajstić information content (AvgIpc) is 2.93. The number of nitrogens with one attached hydrogen (secondary N) is 1. The van der Waals surface area contributed by atoms with Gasteiger partial charge in [0.15, 0.2) is 0 Å². The van der Waals surface area contributed by atoms with Crippen LogP contribution in [0.15, 0.2) is 24.3 Å². The van der Waals surface area contributed by atoms with Crippen molar-refractivity contribution >= 4 is 0 Å². The molecule has 1 aromatic rings. The van der Waals surface area contributed by atoms with Crippen molar-refractivity contribution in [2.75, 3.05) is 19.6 Å². The number of benzene rings is 1. The molecule has 2 N–H and O–H groups in total. The lowest BCUT2D eigenvalue weighted by atomic mass is 10.1. The normalized spacial score (nSPS) is 19.5. The Kier molecular flexibility index (Phi) is 5.23. The van der Waals surface area contributed by atoms with E-state index in [1.165, 1.54) is 31.5 Å². The summed E-state index contributed by atoms with van der Waals surface area (Å²) in [7, 11) is 0. The number of rotatable bonds is 6. The maximum absolute atomic E-state index is 9.27. The van der Waals surface area contributed by atoms with Gasteiger partial charge in [-0.1, -0.05) is 12.1 Å². The number of nitrogens with zero attached hydrogens (tertiary/aromatic N) is 1. The molecule has 19 heavy (non-hydrogen) atoms. The van der Waals surface area contributed by atoms with Gasteiger partial charge in [0.2, 0.25) is 0 Å². The van der Waals surface area contributed by atoms with Gasteiger partial charge >= 0.3 is 0 Å². The lowest BCUT2D eigenvalue weighted by molar-refractivity contribution is 0.247. The second-order valence-corrected chi connectivity index (χ2v) is 5.77. The molecule has 0 spiro atoms. The smallest absolute Gasteiger partial charge is 0.115 e. The molecular weight excluding hydrogens is 236 g/mol. The molecule has 0 bridgehead atoms. The van der Waals surface area contributed by atoms with E-state index < -0.39 is 0 Å². The van der Waals surface area contributed by atoms with E-state index in [-0.39, 0.29) is 0 Å². The molecule has 3 nitrogen and oxygen atoms in total. The van der Waals surface area contributed by atoms with Gasteiger partial charge in [0.25, 0.3) is 0 Å². The minimum atomic E-state index is 0.340. The third-order valence-corrected chi connectivity index (χ3v) is 4.00. The SMILES string of the molecule is CC(Cc1ccc(O)cc1)NCC(C)N1CCCC1. The largest absolute Gasteiger partial charge is 0.508 e. The molecule has 1 aromatic carbocycles. The van der Waals surface area contributed by atoms with E-state index in [2.05, 4.69) is 24.1 Å². The average molecular weight is 262 g/mol. The fourth-order valence-corrected chi connectivity index (χ4v) is 2.74. The zero-order valence-corrected chi connectivity index (χ0v) is 12.1. The van der Waals surface area contributed by atoms with Gasteiger partial charge in [-0.25, -0.2) is 0 Å². The van der Waals surface area contributed by atoms with Gasteiger partial charge in [-0.15, -0.1) is 0 Å². The molecule has 3 heteroatoms. The van der Waals surface area contributed by atoms with Gasteiger partial charge in [0, 0.05) is 18.6 Å². The first-order valence-corrected chi connectivity index (χ1v) is 7.40. The van der Waals surface area contributed by atoms with Crippen molar-refractivity contribution in [1.82, 2.24) is 10.2 Å². The number of aromatic hydroxyl groups is 1. The van der Waals surface area contributed by atoms with Crippen molar-refractivity contribution in [3.63, 3.8) is 0 Å². The summed E-state index contributed by atoms with van der Waals surface area (Å²) >= 11 is 0. The minimum Gasteiger partial charge on any atom is -0.508 e. The summed E-state index contributed by atoms with van der Waals surface area (Å²) in [6, 6.07) is 8.61. The van der Waals surface area contributed by atoms with Crippen LogP contribution in [0.4, 0.5) is 0 Å². The zero-order chi connectivity index (χ0) is 13.7. The molecule has 2 atom stereocenters. The third kappa shape index (κ3) is 4.51. The summed E-state index contributed by atoms with van der Waals surface area (Å²) in [5.41, 5.74) is 1.27. The third-order valence-electron chi connectivity index (χ3n) is 4.00.